The van der Waals surface area contributed by atoms with Crippen LogP contribution in [0, 0.1) is 5.82 Å². The highest BCUT2D eigenvalue weighted by Crippen LogP contribution is 2.35. The average Bonchev–Trinajstić information content (AvgIpc) is 3.21. The van der Waals surface area contributed by atoms with Gasteiger partial charge in [-0.25, -0.2) is 9.18 Å². The van der Waals surface area contributed by atoms with E-state index in [1.807, 2.05) is 0 Å². The van der Waals surface area contributed by atoms with Crippen LogP contribution in [0.5, 0.6) is 11.5 Å². The molecule has 4 rings (SSSR count). The van der Waals surface area contributed by atoms with Gasteiger partial charge in [-0.05, 0) is 67.6 Å². The molecular formula is C23H19ClFN3O3. The minimum absolute atomic E-state index is 0.176. The van der Waals surface area contributed by atoms with Crippen molar-refractivity contribution in [3.63, 3.8) is 0 Å². The average molecular weight is 440 g/mol. The summed E-state index contributed by atoms with van der Waals surface area (Å²) in [6, 6.07) is 16.6. The lowest BCUT2D eigenvalue weighted by Gasteiger charge is -2.12. The normalized spacial score (nSPS) is 10.8. The van der Waals surface area contributed by atoms with Gasteiger partial charge in [0.05, 0.1) is 17.1 Å². The van der Waals surface area contributed by atoms with Crippen molar-refractivity contribution < 1.29 is 18.7 Å². The molecule has 0 bridgehead atoms. The molecule has 0 aliphatic carbocycles. The number of ether oxygens (including phenoxy) is 2. The Kier molecular flexibility index (Phi) is 5.68. The van der Waals surface area contributed by atoms with Gasteiger partial charge < -0.3 is 25.5 Å². The van der Waals surface area contributed by atoms with Crippen molar-refractivity contribution in [1.82, 2.24) is 4.98 Å². The summed E-state index contributed by atoms with van der Waals surface area (Å²) in [5, 5.41) is 4.11. The molecular weight excluding hydrogens is 421 g/mol. The van der Waals surface area contributed by atoms with Crippen LogP contribution in [0.3, 0.4) is 0 Å². The summed E-state index contributed by atoms with van der Waals surface area (Å²) in [4.78, 5) is 14.8. The Morgan fingerprint density at radius 1 is 1.13 bits per heavy atom. The molecule has 0 unspecified atom stereocenters. The Morgan fingerprint density at radius 2 is 1.90 bits per heavy atom. The van der Waals surface area contributed by atoms with E-state index in [1.54, 1.807) is 61.5 Å². The molecule has 3 aromatic carbocycles. The van der Waals surface area contributed by atoms with Gasteiger partial charge in [-0.2, -0.15) is 0 Å². The van der Waals surface area contributed by atoms with Crippen LogP contribution >= 0.6 is 11.6 Å². The van der Waals surface area contributed by atoms with E-state index < -0.39 is 11.8 Å². The van der Waals surface area contributed by atoms with E-state index in [4.69, 9.17) is 26.8 Å². The van der Waals surface area contributed by atoms with Crippen molar-refractivity contribution >= 4 is 45.5 Å². The number of halogens is 2. The zero-order valence-electron chi connectivity index (χ0n) is 16.5. The molecule has 0 radical (unpaired) electrons. The van der Waals surface area contributed by atoms with Gasteiger partial charge in [-0.1, -0.05) is 11.6 Å². The van der Waals surface area contributed by atoms with Crippen molar-refractivity contribution in [3.05, 3.63) is 77.2 Å². The number of benzene rings is 3. The summed E-state index contributed by atoms with van der Waals surface area (Å²) in [6.45, 7) is 1.93. The van der Waals surface area contributed by atoms with Crippen LogP contribution < -0.4 is 15.8 Å². The lowest BCUT2D eigenvalue weighted by molar-refractivity contribution is 0.0520. The molecule has 4 aromatic rings. The molecule has 158 valence electrons. The third kappa shape index (κ3) is 4.41. The molecule has 0 spiro atoms. The van der Waals surface area contributed by atoms with Crippen molar-refractivity contribution in [3.8, 4) is 11.5 Å². The van der Waals surface area contributed by atoms with Gasteiger partial charge in [0.2, 0.25) is 0 Å². The number of nitrogens with two attached hydrogens (primary N) is 1. The van der Waals surface area contributed by atoms with Crippen LogP contribution in [0.4, 0.5) is 21.5 Å². The fourth-order valence-electron chi connectivity index (χ4n) is 3.09. The van der Waals surface area contributed by atoms with E-state index in [2.05, 4.69) is 10.3 Å². The number of aromatic amines is 1. The first-order valence-corrected chi connectivity index (χ1v) is 9.90. The van der Waals surface area contributed by atoms with Gasteiger partial charge in [0.25, 0.3) is 0 Å². The second-order valence-electron chi connectivity index (χ2n) is 6.73. The molecule has 4 N–H and O–H groups in total. The van der Waals surface area contributed by atoms with Gasteiger partial charge in [0, 0.05) is 22.4 Å². The molecule has 0 saturated heterocycles. The maximum atomic E-state index is 14.3. The first-order valence-electron chi connectivity index (χ1n) is 9.53. The number of carbonyl (C=O) groups excluding carboxylic acids is 1. The van der Waals surface area contributed by atoms with Gasteiger partial charge in [0.15, 0.2) is 0 Å². The molecule has 1 aromatic heterocycles. The fourth-order valence-corrected chi connectivity index (χ4v) is 3.31. The maximum absolute atomic E-state index is 14.3. The Bertz CT molecular complexity index is 1260. The van der Waals surface area contributed by atoms with Crippen LogP contribution in [-0.2, 0) is 4.74 Å². The second kappa shape index (κ2) is 8.57. The quantitative estimate of drug-likeness (QED) is 0.244. The Labute approximate surface area is 182 Å². The number of hydrogen-bond acceptors (Lipinski definition) is 5. The zero-order valence-corrected chi connectivity index (χ0v) is 17.3. The van der Waals surface area contributed by atoms with E-state index in [9.17, 15) is 9.18 Å². The maximum Gasteiger partial charge on any atom is 0.354 e. The largest absolute Gasteiger partial charge is 0.461 e. The SMILES string of the molecule is CCOC(=O)c1cc2c(Nc3ccc(Oc4ccc(N)cc4)c(Cl)c3)ccc(F)c2[nH]1. The summed E-state index contributed by atoms with van der Waals surface area (Å²) in [5.74, 6) is 0.0704. The number of rotatable bonds is 6. The van der Waals surface area contributed by atoms with Gasteiger partial charge >= 0.3 is 5.97 Å². The van der Waals surface area contributed by atoms with Gasteiger partial charge in [0.1, 0.15) is 23.0 Å². The van der Waals surface area contributed by atoms with Gasteiger partial charge in [-0.15, -0.1) is 0 Å². The molecule has 0 amide bonds. The number of carbonyl (C=O) groups is 1. The highest BCUT2D eigenvalue weighted by molar-refractivity contribution is 6.32. The Morgan fingerprint density at radius 3 is 2.61 bits per heavy atom. The lowest BCUT2D eigenvalue weighted by Crippen LogP contribution is -2.04. The first kappa shape index (κ1) is 20.6. The predicted molar refractivity (Wildman–Crippen MR) is 120 cm³/mol. The zero-order chi connectivity index (χ0) is 22.0. The standard InChI is InChI=1S/C23H19ClFN3O3/c1-2-30-23(29)20-12-16-19(9-8-18(25)22(16)28-20)27-14-5-10-21(17(24)11-14)31-15-6-3-13(26)4-7-15/h3-12,27-28H,2,26H2,1H3. The number of anilines is 3. The number of H-pyrrole nitrogens is 1. The third-order valence-corrected chi connectivity index (χ3v) is 4.85. The molecule has 31 heavy (non-hydrogen) atoms. The van der Waals surface area contributed by atoms with Crippen molar-refractivity contribution in [1.29, 1.82) is 0 Å². The molecule has 0 saturated carbocycles. The molecule has 6 nitrogen and oxygen atoms in total. The first-order chi connectivity index (χ1) is 14.9. The van der Waals surface area contributed by atoms with Crippen molar-refractivity contribution in [2.45, 2.75) is 6.92 Å². The highest BCUT2D eigenvalue weighted by atomic mass is 35.5. The van der Waals surface area contributed by atoms with Crippen LogP contribution in [-0.4, -0.2) is 17.6 Å². The smallest absolute Gasteiger partial charge is 0.354 e. The summed E-state index contributed by atoms with van der Waals surface area (Å²) >= 11 is 6.38. The topological polar surface area (TPSA) is 89.4 Å². The van der Waals surface area contributed by atoms with Crippen LogP contribution in [0.15, 0.2) is 60.7 Å². The van der Waals surface area contributed by atoms with E-state index in [0.717, 1.165) is 0 Å². The van der Waals surface area contributed by atoms with Crippen LogP contribution in [0.25, 0.3) is 10.9 Å². The van der Waals surface area contributed by atoms with Crippen molar-refractivity contribution in [2.75, 3.05) is 17.7 Å². The molecule has 8 heteroatoms. The number of aromatic nitrogens is 1. The molecule has 1 heterocycles. The van der Waals surface area contributed by atoms with Crippen LogP contribution in [0.1, 0.15) is 17.4 Å². The summed E-state index contributed by atoms with van der Waals surface area (Å²) in [6.07, 6.45) is 0. The monoisotopic (exact) mass is 439 g/mol. The van der Waals surface area contributed by atoms with E-state index in [1.165, 1.54) is 6.07 Å². The van der Waals surface area contributed by atoms with E-state index in [0.29, 0.717) is 39.0 Å². The molecule has 0 atom stereocenters. The summed E-state index contributed by atoms with van der Waals surface area (Å²) < 4.78 is 25.0. The summed E-state index contributed by atoms with van der Waals surface area (Å²) in [7, 11) is 0. The second-order valence-corrected chi connectivity index (χ2v) is 7.14. The highest BCUT2D eigenvalue weighted by Gasteiger charge is 2.16. The predicted octanol–water partition coefficient (Wildman–Crippen LogP) is 6.26. The third-order valence-electron chi connectivity index (χ3n) is 4.56. The summed E-state index contributed by atoms with van der Waals surface area (Å²) in [5.41, 5.74) is 7.98. The Hall–Kier alpha value is -3.71. The number of nitrogen functional groups attached to an aromatic ring is 1. The number of hydrogen-bond donors (Lipinski definition) is 3. The molecule has 0 aliphatic rings. The van der Waals surface area contributed by atoms with E-state index in [-0.39, 0.29) is 17.8 Å². The fraction of sp³-hybridized carbons (Fsp3) is 0.0870. The lowest BCUT2D eigenvalue weighted by atomic mass is 10.2. The molecule has 0 aliphatic heterocycles. The number of nitrogens with one attached hydrogen (secondary N) is 2. The van der Waals surface area contributed by atoms with E-state index >= 15 is 0 Å². The van der Waals surface area contributed by atoms with Crippen LogP contribution in [0.2, 0.25) is 5.02 Å². The minimum atomic E-state index is -0.545. The van der Waals surface area contributed by atoms with Crippen molar-refractivity contribution in [2.24, 2.45) is 0 Å². The van der Waals surface area contributed by atoms with Gasteiger partial charge in [-0.3, -0.25) is 0 Å². The number of esters is 1. The molecule has 0 fully saturated rings. The minimum Gasteiger partial charge on any atom is -0.461 e. The Balaban J connectivity index is 1.60. The number of fused-ring (bicyclic) bond motifs is 1.